The summed E-state index contributed by atoms with van der Waals surface area (Å²) in [5.41, 5.74) is 5.67. The number of nitrogens with one attached hydrogen (secondary N) is 2. The van der Waals surface area contributed by atoms with Gasteiger partial charge in [0.25, 0.3) is 5.91 Å². The molecule has 156 valence electrons. The third kappa shape index (κ3) is 4.60. The minimum absolute atomic E-state index is 0.292. The van der Waals surface area contributed by atoms with Crippen molar-refractivity contribution in [2.45, 2.75) is 13.8 Å². The molecule has 0 aliphatic carbocycles. The first kappa shape index (κ1) is 20.9. The van der Waals surface area contributed by atoms with E-state index < -0.39 is 5.91 Å². The van der Waals surface area contributed by atoms with E-state index in [2.05, 4.69) is 20.7 Å². The van der Waals surface area contributed by atoms with Gasteiger partial charge < -0.3 is 14.2 Å². The molecular formula is C22H24N4O4. The van der Waals surface area contributed by atoms with Crippen molar-refractivity contribution >= 4 is 11.6 Å². The fourth-order valence-corrected chi connectivity index (χ4v) is 2.86. The molecule has 0 aliphatic rings. The van der Waals surface area contributed by atoms with Crippen LogP contribution < -0.4 is 19.6 Å². The molecule has 30 heavy (non-hydrogen) atoms. The van der Waals surface area contributed by atoms with Crippen LogP contribution in [0, 0.1) is 0 Å². The molecule has 0 fully saturated rings. The second-order valence-corrected chi connectivity index (χ2v) is 6.30. The number of benzene rings is 2. The Morgan fingerprint density at radius 3 is 2.57 bits per heavy atom. The van der Waals surface area contributed by atoms with Crippen LogP contribution in [0.15, 0.2) is 53.6 Å². The number of aromatic amines is 1. The zero-order chi connectivity index (χ0) is 21.5. The highest BCUT2D eigenvalue weighted by molar-refractivity contribution is 6.01. The summed E-state index contributed by atoms with van der Waals surface area (Å²) in [4.78, 5) is 12.5. The van der Waals surface area contributed by atoms with E-state index in [-0.39, 0.29) is 0 Å². The molecule has 0 spiro atoms. The van der Waals surface area contributed by atoms with Gasteiger partial charge in [-0.15, -0.1) is 0 Å². The van der Waals surface area contributed by atoms with Crippen LogP contribution in [0.1, 0.15) is 29.9 Å². The third-order valence-electron chi connectivity index (χ3n) is 4.41. The van der Waals surface area contributed by atoms with Crippen LogP contribution >= 0.6 is 0 Å². The largest absolute Gasteiger partial charge is 0.493 e. The van der Waals surface area contributed by atoms with Crippen molar-refractivity contribution in [3.8, 4) is 28.5 Å². The number of hydrogen-bond donors (Lipinski definition) is 2. The zero-order valence-electron chi connectivity index (χ0n) is 17.4. The van der Waals surface area contributed by atoms with Gasteiger partial charge in [0.05, 0.1) is 32.2 Å². The highest BCUT2D eigenvalue weighted by Gasteiger charge is 2.14. The molecule has 3 aromatic rings. The minimum atomic E-state index is -0.400. The van der Waals surface area contributed by atoms with Gasteiger partial charge in [-0.2, -0.15) is 10.2 Å². The Kier molecular flexibility index (Phi) is 6.69. The number of ether oxygens (including phenoxy) is 3. The van der Waals surface area contributed by atoms with Gasteiger partial charge in [-0.3, -0.25) is 9.89 Å². The predicted octanol–water partition coefficient (Wildman–Crippen LogP) is 3.65. The Morgan fingerprint density at radius 1 is 1.07 bits per heavy atom. The summed E-state index contributed by atoms with van der Waals surface area (Å²) in [5, 5.41) is 11.2. The Balaban J connectivity index is 1.74. The molecular weight excluding hydrogens is 384 g/mol. The summed E-state index contributed by atoms with van der Waals surface area (Å²) in [7, 11) is 3.14. The van der Waals surface area contributed by atoms with Crippen molar-refractivity contribution < 1.29 is 19.0 Å². The van der Waals surface area contributed by atoms with Crippen molar-refractivity contribution in [3.63, 3.8) is 0 Å². The topological polar surface area (TPSA) is 97.8 Å². The Labute approximate surface area is 174 Å². The smallest absolute Gasteiger partial charge is 0.289 e. The Morgan fingerprint density at radius 2 is 1.83 bits per heavy atom. The standard InChI is InChI=1S/C22H24N4O4/c1-5-30-19-9-7-6-8-16(19)17-13-18(25-24-17)22(27)26-23-14(2)15-10-11-20(28-3)21(12-15)29-4/h6-13H,5H2,1-4H3,(H,24,25)(H,26,27)/b23-14+. The number of carbonyl (C=O) groups excluding carboxylic acids is 1. The number of rotatable bonds is 8. The number of para-hydroxylation sites is 1. The molecule has 0 aliphatic heterocycles. The molecule has 0 unspecified atom stereocenters. The number of hydrogen-bond acceptors (Lipinski definition) is 6. The van der Waals surface area contributed by atoms with E-state index in [1.807, 2.05) is 37.3 Å². The molecule has 1 amide bonds. The summed E-state index contributed by atoms with van der Waals surface area (Å²) < 4.78 is 16.2. The Bertz CT molecular complexity index is 1060. The first-order chi connectivity index (χ1) is 14.6. The number of hydrazone groups is 1. The molecule has 3 rings (SSSR count). The summed E-state index contributed by atoms with van der Waals surface area (Å²) >= 11 is 0. The van der Waals surface area contributed by atoms with Crippen molar-refractivity contribution in [1.29, 1.82) is 0 Å². The van der Waals surface area contributed by atoms with Crippen molar-refractivity contribution in [2.75, 3.05) is 20.8 Å². The maximum absolute atomic E-state index is 12.5. The first-order valence-electron chi connectivity index (χ1n) is 9.42. The molecule has 1 aromatic heterocycles. The van der Waals surface area contributed by atoms with Crippen LogP contribution in [-0.4, -0.2) is 42.6 Å². The highest BCUT2D eigenvalue weighted by Crippen LogP contribution is 2.29. The van der Waals surface area contributed by atoms with Crippen LogP contribution in [0.2, 0.25) is 0 Å². The van der Waals surface area contributed by atoms with Crippen LogP contribution in [0.4, 0.5) is 0 Å². The van der Waals surface area contributed by atoms with Crippen molar-refractivity contribution in [3.05, 3.63) is 59.8 Å². The summed E-state index contributed by atoms with van der Waals surface area (Å²) in [6, 6.07) is 14.6. The van der Waals surface area contributed by atoms with Gasteiger partial charge in [-0.1, -0.05) is 12.1 Å². The van der Waals surface area contributed by atoms with Gasteiger partial charge in [-0.05, 0) is 50.2 Å². The van der Waals surface area contributed by atoms with Crippen LogP contribution in [0.3, 0.4) is 0 Å². The number of aromatic nitrogens is 2. The molecule has 0 radical (unpaired) electrons. The lowest BCUT2D eigenvalue weighted by molar-refractivity contribution is 0.0950. The predicted molar refractivity (Wildman–Crippen MR) is 114 cm³/mol. The van der Waals surface area contributed by atoms with E-state index in [1.165, 1.54) is 0 Å². The number of methoxy groups -OCH3 is 2. The molecule has 0 atom stereocenters. The highest BCUT2D eigenvalue weighted by atomic mass is 16.5. The van der Waals surface area contributed by atoms with Gasteiger partial charge in [0.1, 0.15) is 11.4 Å². The summed E-state index contributed by atoms with van der Waals surface area (Å²) in [6.07, 6.45) is 0. The first-order valence-corrected chi connectivity index (χ1v) is 9.42. The molecule has 2 aromatic carbocycles. The maximum atomic E-state index is 12.5. The van der Waals surface area contributed by atoms with Gasteiger partial charge in [0, 0.05) is 11.1 Å². The van der Waals surface area contributed by atoms with Gasteiger partial charge in [0.15, 0.2) is 11.5 Å². The maximum Gasteiger partial charge on any atom is 0.289 e. The minimum Gasteiger partial charge on any atom is -0.493 e. The number of amides is 1. The van der Waals surface area contributed by atoms with E-state index in [1.54, 1.807) is 39.3 Å². The summed E-state index contributed by atoms with van der Waals surface area (Å²) in [5.74, 6) is 1.51. The third-order valence-corrected chi connectivity index (χ3v) is 4.41. The van der Waals surface area contributed by atoms with Gasteiger partial charge in [-0.25, -0.2) is 5.43 Å². The molecule has 0 bridgehead atoms. The van der Waals surface area contributed by atoms with Crippen molar-refractivity contribution in [2.24, 2.45) is 5.10 Å². The molecule has 8 heteroatoms. The average molecular weight is 408 g/mol. The van der Waals surface area contributed by atoms with E-state index in [0.717, 1.165) is 11.1 Å². The zero-order valence-corrected chi connectivity index (χ0v) is 17.4. The van der Waals surface area contributed by atoms with Gasteiger partial charge >= 0.3 is 0 Å². The molecule has 1 heterocycles. The lowest BCUT2D eigenvalue weighted by atomic mass is 10.1. The molecule has 8 nitrogen and oxygen atoms in total. The number of H-pyrrole nitrogens is 1. The molecule has 2 N–H and O–H groups in total. The lowest BCUT2D eigenvalue weighted by Gasteiger charge is -2.09. The lowest BCUT2D eigenvalue weighted by Crippen LogP contribution is -2.19. The fraction of sp³-hybridized carbons (Fsp3) is 0.227. The fourth-order valence-electron chi connectivity index (χ4n) is 2.86. The van der Waals surface area contributed by atoms with Gasteiger partial charge in [0.2, 0.25) is 0 Å². The van der Waals surface area contributed by atoms with E-state index in [0.29, 0.717) is 41.0 Å². The van der Waals surface area contributed by atoms with Crippen LogP contribution in [-0.2, 0) is 0 Å². The second kappa shape index (κ2) is 9.60. The second-order valence-electron chi connectivity index (χ2n) is 6.30. The molecule has 0 saturated heterocycles. The normalized spacial score (nSPS) is 11.1. The SMILES string of the molecule is CCOc1ccccc1-c1cc(C(=O)N/N=C(\C)c2ccc(OC)c(OC)c2)[nH]n1. The van der Waals surface area contributed by atoms with E-state index in [9.17, 15) is 4.79 Å². The van der Waals surface area contributed by atoms with Crippen molar-refractivity contribution in [1.82, 2.24) is 15.6 Å². The number of carbonyl (C=O) groups is 1. The average Bonchev–Trinajstić information content (AvgIpc) is 3.27. The van der Waals surface area contributed by atoms with E-state index >= 15 is 0 Å². The monoisotopic (exact) mass is 408 g/mol. The molecule has 0 saturated carbocycles. The number of nitrogens with zero attached hydrogens (tertiary/aromatic N) is 2. The summed E-state index contributed by atoms with van der Waals surface area (Å²) in [6.45, 7) is 4.25. The quantitative estimate of drug-likeness (QED) is 0.438. The van der Waals surface area contributed by atoms with Crippen LogP contribution in [0.5, 0.6) is 17.2 Å². The Hall–Kier alpha value is -3.81. The van der Waals surface area contributed by atoms with Crippen LogP contribution in [0.25, 0.3) is 11.3 Å². The van der Waals surface area contributed by atoms with E-state index in [4.69, 9.17) is 14.2 Å².